The molecule has 1 N–H and O–H groups in total. The first kappa shape index (κ1) is 22.3. The van der Waals surface area contributed by atoms with Crippen molar-refractivity contribution in [3.63, 3.8) is 0 Å². The van der Waals surface area contributed by atoms with Gasteiger partial charge in [0, 0.05) is 38.1 Å². The van der Waals surface area contributed by atoms with Gasteiger partial charge in [0.05, 0.1) is 10.3 Å². The third-order valence-corrected chi connectivity index (χ3v) is 8.77. The second-order valence-corrected chi connectivity index (χ2v) is 11.4. The number of hydrogen-bond acceptors (Lipinski definition) is 6. The van der Waals surface area contributed by atoms with Crippen molar-refractivity contribution in [2.45, 2.75) is 41.4 Å². The normalized spacial score (nSPS) is 18.5. The molecule has 0 spiro atoms. The maximum Gasteiger partial charge on any atom is 0.244 e. The largest absolute Gasteiger partial charge is 0.325 e. The fraction of sp³-hybridized carbons (Fsp3) is 0.455. The van der Waals surface area contributed by atoms with Crippen LogP contribution in [0.3, 0.4) is 0 Å². The van der Waals surface area contributed by atoms with E-state index in [2.05, 4.69) is 27.3 Å². The zero-order valence-corrected chi connectivity index (χ0v) is 19.5. The lowest BCUT2D eigenvalue weighted by molar-refractivity contribution is -0.115. The van der Waals surface area contributed by atoms with E-state index in [0.717, 1.165) is 31.6 Å². The first-order valence-corrected chi connectivity index (χ1v) is 12.9. The number of carbonyl (C=O) groups is 1. The number of pyridine rings is 1. The minimum atomic E-state index is -3.54. The topological polar surface area (TPSA) is 82.6 Å². The molecule has 0 bridgehead atoms. The molecule has 1 atom stereocenters. The van der Waals surface area contributed by atoms with Gasteiger partial charge < -0.3 is 10.2 Å². The molecule has 1 amide bonds. The number of rotatable bonds is 6. The molecule has 31 heavy (non-hydrogen) atoms. The average Bonchev–Trinajstić information content (AvgIpc) is 3.22. The molecule has 0 radical (unpaired) electrons. The lowest BCUT2D eigenvalue weighted by Gasteiger charge is -2.31. The maximum atomic E-state index is 12.8. The fourth-order valence-electron chi connectivity index (χ4n) is 3.89. The van der Waals surface area contributed by atoms with Gasteiger partial charge in [-0.3, -0.25) is 4.79 Å². The quantitative estimate of drug-likeness (QED) is 0.668. The van der Waals surface area contributed by atoms with Crippen molar-refractivity contribution in [3.05, 3.63) is 47.7 Å². The highest BCUT2D eigenvalue weighted by atomic mass is 32.2. The first-order chi connectivity index (χ1) is 14.8. The second kappa shape index (κ2) is 9.28. The number of sulfonamides is 1. The van der Waals surface area contributed by atoms with E-state index >= 15 is 0 Å². The van der Waals surface area contributed by atoms with Gasteiger partial charge in [-0.2, -0.15) is 4.31 Å². The van der Waals surface area contributed by atoms with Crippen LogP contribution in [-0.2, 0) is 27.7 Å². The highest BCUT2D eigenvalue weighted by Crippen LogP contribution is 2.27. The van der Waals surface area contributed by atoms with Crippen LogP contribution in [0.15, 0.2) is 46.5 Å². The van der Waals surface area contributed by atoms with Gasteiger partial charge in [-0.1, -0.05) is 17.8 Å². The number of piperazine rings is 1. The summed E-state index contributed by atoms with van der Waals surface area (Å²) in [5.41, 5.74) is 3.51. The predicted molar refractivity (Wildman–Crippen MR) is 123 cm³/mol. The molecule has 0 saturated carbocycles. The molecular weight excluding hydrogens is 432 g/mol. The van der Waals surface area contributed by atoms with E-state index in [-0.39, 0.29) is 16.1 Å². The molecular formula is C22H28N4O3S2. The number of benzene rings is 1. The van der Waals surface area contributed by atoms with Gasteiger partial charge in [0.15, 0.2) is 0 Å². The van der Waals surface area contributed by atoms with E-state index < -0.39 is 10.0 Å². The van der Waals surface area contributed by atoms with E-state index in [1.807, 2.05) is 20.0 Å². The summed E-state index contributed by atoms with van der Waals surface area (Å²) < 4.78 is 27.1. The molecule has 1 aliphatic carbocycles. The molecule has 1 fully saturated rings. The van der Waals surface area contributed by atoms with Crippen molar-refractivity contribution in [1.82, 2.24) is 14.2 Å². The Morgan fingerprint density at radius 2 is 1.84 bits per heavy atom. The van der Waals surface area contributed by atoms with Gasteiger partial charge in [0.2, 0.25) is 15.9 Å². The van der Waals surface area contributed by atoms with Crippen LogP contribution in [0.5, 0.6) is 0 Å². The Balaban J connectivity index is 1.36. The minimum absolute atomic E-state index is 0.0983. The Morgan fingerprint density at radius 3 is 2.55 bits per heavy atom. The molecule has 166 valence electrons. The van der Waals surface area contributed by atoms with Crippen molar-refractivity contribution in [2.24, 2.45) is 0 Å². The Morgan fingerprint density at radius 1 is 1.10 bits per heavy atom. The van der Waals surface area contributed by atoms with Crippen LogP contribution in [0.1, 0.15) is 24.5 Å². The van der Waals surface area contributed by atoms with Crippen LogP contribution < -0.4 is 5.32 Å². The van der Waals surface area contributed by atoms with Crippen molar-refractivity contribution in [2.75, 3.05) is 38.5 Å². The third-order valence-electron chi connectivity index (χ3n) is 5.84. The van der Waals surface area contributed by atoms with Gasteiger partial charge in [-0.05, 0) is 68.6 Å². The highest BCUT2D eigenvalue weighted by molar-refractivity contribution is 8.00. The molecule has 2 aliphatic rings. The summed E-state index contributed by atoms with van der Waals surface area (Å²) in [7, 11) is -1.55. The van der Waals surface area contributed by atoms with Crippen molar-refractivity contribution in [3.8, 4) is 0 Å². The average molecular weight is 461 g/mol. The molecule has 7 nitrogen and oxygen atoms in total. The lowest BCUT2D eigenvalue weighted by atomic mass is 10.1. The summed E-state index contributed by atoms with van der Waals surface area (Å²) >= 11 is 1.31. The number of aromatic nitrogens is 1. The number of thioether (sulfide) groups is 1. The number of hydrogen-bond donors (Lipinski definition) is 1. The van der Waals surface area contributed by atoms with Crippen molar-refractivity contribution < 1.29 is 13.2 Å². The molecule has 1 unspecified atom stereocenters. The molecule has 2 aromatic rings. The number of anilines is 1. The molecule has 1 aromatic carbocycles. The molecule has 2 heterocycles. The van der Waals surface area contributed by atoms with Gasteiger partial charge >= 0.3 is 0 Å². The number of carbonyl (C=O) groups excluding carboxylic acids is 1. The number of amides is 1. The fourth-order valence-corrected chi connectivity index (χ4v) is 6.05. The molecule has 1 aromatic heterocycles. The van der Waals surface area contributed by atoms with Crippen LogP contribution in [-0.4, -0.2) is 67.0 Å². The van der Waals surface area contributed by atoms with Crippen LogP contribution in [0.4, 0.5) is 5.69 Å². The van der Waals surface area contributed by atoms with Crippen LogP contribution in [0, 0.1) is 0 Å². The van der Waals surface area contributed by atoms with Crippen LogP contribution in [0.25, 0.3) is 0 Å². The van der Waals surface area contributed by atoms with Crippen LogP contribution >= 0.6 is 11.8 Å². The lowest BCUT2D eigenvalue weighted by Crippen LogP contribution is -2.47. The van der Waals surface area contributed by atoms with Gasteiger partial charge in [-0.15, -0.1) is 0 Å². The standard InChI is InChI=1S/C22H28N4O3S2/c1-16(22(27)24-19-7-6-17-4-3-5-18(17)14-19)30-21-9-8-20(15-23-21)31(28,29)26-12-10-25(2)11-13-26/h6-9,14-16H,3-5,10-13H2,1-2H3,(H,24,27). The molecule has 1 aliphatic heterocycles. The smallest absolute Gasteiger partial charge is 0.244 e. The number of aryl methyl sites for hydroxylation is 2. The summed E-state index contributed by atoms with van der Waals surface area (Å²) in [5, 5.41) is 3.24. The summed E-state index contributed by atoms with van der Waals surface area (Å²) in [6.45, 7) is 4.23. The zero-order chi connectivity index (χ0) is 22.0. The van der Waals surface area contributed by atoms with E-state index in [1.54, 1.807) is 12.1 Å². The van der Waals surface area contributed by atoms with Crippen LogP contribution in [0.2, 0.25) is 0 Å². The zero-order valence-electron chi connectivity index (χ0n) is 17.9. The highest BCUT2D eigenvalue weighted by Gasteiger charge is 2.28. The Hall–Kier alpha value is -1.94. The number of likely N-dealkylation sites (N-methyl/N-ethyl adjacent to an activating group) is 1. The van der Waals surface area contributed by atoms with Gasteiger partial charge in [0.25, 0.3) is 0 Å². The predicted octanol–water partition coefficient (Wildman–Crippen LogP) is 2.63. The van der Waals surface area contributed by atoms with E-state index in [0.29, 0.717) is 18.1 Å². The number of nitrogens with zero attached hydrogens (tertiary/aromatic N) is 3. The van der Waals surface area contributed by atoms with E-state index in [9.17, 15) is 13.2 Å². The van der Waals surface area contributed by atoms with Gasteiger partial charge in [-0.25, -0.2) is 13.4 Å². The monoisotopic (exact) mass is 460 g/mol. The Labute approximate surface area is 188 Å². The Kier molecular flexibility index (Phi) is 6.66. The van der Waals surface area contributed by atoms with Crippen molar-refractivity contribution in [1.29, 1.82) is 0 Å². The van der Waals surface area contributed by atoms with Gasteiger partial charge in [0.1, 0.15) is 4.90 Å². The summed E-state index contributed by atoms with van der Waals surface area (Å²) in [6.07, 6.45) is 4.74. The number of nitrogens with one attached hydrogen (secondary N) is 1. The molecule has 9 heteroatoms. The molecule has 1 saturated heterocycles. The SMILES string of the molecule is CC(Sc1ccc(S(=O)(=O)N2CCN(C)CC2)cn1)C(=O)Nc1ccc2c(c1)CCC2. The summed E-state index contributed by atoms with van der Waals surface area (Å²) in [6, 6.07) is 9.36. The Bertz CT molecular complexity index is 1050. The van der Waals surface area contributed by atoms with Crippen molar-refractivity contribution >= 4 is 33.4 Å². The second-order valence-electron chi connectivity index (χ2n) is 8.13. The third kappa shape index (κ3) is 5.11. The summed E-state index contributed by atoms with van der Waals surface area (Å²) in [5.74, 6) is -0.0983. The first-order valence-electron chi connectivity index (χ1n) is 10.6. The minimum Gasteiger partial charge on any atom is -0.325 e. The maximum absolute atomic E-state index is 12.8. The molecule has 4 rings (SSSR count). The van der Waals surface area contributed by atoms with E-state index in [1.165, 1.54) is 39.8 Å². The summed E-state index contributed by atoms with van der Waals surface area (Å²) in [4.78, 5) is 19.2. The van der Waals surface area contributed by atoms with E-state index in [4.69, 9.17) is 0 Å². The number of fused-ring (bicyclic) bond motifs is 1.